The summed E-state index contributed by atoms with van der Waals surface area (Å²) in [6.07, 6.45) is 1.61. The van der Waals surface area contributed by atoms with Crippen molar-refractivity contribution in [3.8, 4) is 0 Å². The number of benzene rings is 1. The molecule has 5 nitrogen and oxygen atoms in total. The second-order valence-corrected chi connectivity index (χ2v) is 5.20. The molecule has 1 aromatic carbocycles. The number of ether oxygens (including phenoxy) is 1. The summed E-state index contributed by atoms with van der Waals surface area (Å²) in [6, 6.07) is 6.34. The number of amides is 1. The van der Waals surface area contributed by atoms with Gasteiger partial charge in [0.1, 0.15) is 0 Å². The van der Waals surface area contributed by atoms with Crippen molar-refractivity contribution < 1.29 is 9.53 Å². The summed E-state index contributed by atoms with van der Waals surface area (Å²) in [5.41, 5.74) is 8.91. The molecular weight excluding hydrogens is 254 g/mol. The molecule has 1 aliphatic heterocycles. The zero-order valence-corrected chi connectivity index (χ0v) is 12.2. The molecule has 20 heavy (non-hydrogen) atoms. The van der Waals surface area contributed by atoms with Gasteiger partial charge in [-0.25, -0.2) is 4.79 Å². The molecule has 1 amide bonds. The Hall–Kier alpha value is -1.91. The second-order valence-electron chi connectivity index (χ2n) is 5.20. The predicted molar refractivity (Wildman–Crippen MR) is 80.8 cm³/mol. The zero-order valence-electron chi connectivity index (χ0n) is 12.2. The third kappa shape index (κ3) is 3.56. The first-order valence-electron chi connectivity index (χ1n) is 7.14. The highest BCUT2D eigenvalue weighted by atomic mass is 16.6. The quantitative estimate of drug-likeness (QED) is 0.833. The lowest BCUT2D eigenvalue weighted by Gasteiger charge is -2.32. The Morgan fingerprint density at radius 2 is 2.15 bits per heavy atom. The normalized spacial score (nSPS) is 16.0. The summed E-state index contributed by atoms with van der Waals surface area (Å²) in [6.45, 7) is 5.75. The summed E-state index contributed by atoms with van der Waals surface area (Å²) in [7, 11) is 0. The monoisotopic (exact) mass is 277 g/mol. The van der Waals surface area contributed by atoms with Gasteiger partial charge in [0.25, 0.3) is 0 Å². The second kappa shape index (κ2) is 6.50. The summed E-state index contributed by atoms with van der Waals surface area (Å²) < 4.78 is 5.02. The van der Waals surface area contributed by atoms with Crippen LogP contribution in [0.3, 0.4) is 0 Å². The van der Waals surface area contributed by atoms with Crippen molar-refractivity contribution in [2.24, 2.45) is 0 Å². The SMILES string of the molecule is CCOC(=O)N1CCC(Nc2cc(C)ccc2N)CC1. The van der Waals surface area contributed by atoms with Crippen LogP contribution in [0.1, 0.15) is 25.3 Å². The maximum absolute atomic E-state index is 11.6. The largest absolute Gasteiger partial charge is 0.450 e. The van der Waals surface area contributed by atoms with Crippen LogP contribution in [0.15, 0.2) is 18.2 Å². The van der Waals surface area contributed by atoms with Crippen LogP contribution >= 0.6 is 0 Å². The molecule has 0 saturated carbocycles. The van der Waals surface area contributed by atoms with Gasteiger partial charge in [-0.15, -0.1) is 0 Å². The highest BCUT2D eigenvalue weighted by molar-refractivity contribution is 5.68. The number of aryl methyl sites for hydroxylation is 1. The molecule has 0 spiro atoms. The third-order valence-corrected chi connectivity index (χ3v) is 3.59. The Labute approximate surface area is 120 Å². The van der Waals surface area contributed by atoms with E-state index in [0.29, 0.717) is 12.6 Å². The molecule has 5 heteroatoms. The Morgan fingerprint density at radius 1 is 1.45 bits per heavy atom. The van der Waals surface area contributed by atoms with Gasteiger partial charge in [0.05, 0.1) is 18.0 Å². The number of nitrogens with two attached hydrogens (primary N) is 1. The van der Waals surface area contributed by atoms with Crippen molar-refractivity contribution in [3.05, 3.63) is 23.8 Å². The Balaban J connectivity index is 1.88. The van der Waals surface area contributed by atoms with Gasteiger partial charge in [-0.05, 0) is 44.4 Å². The van der Waals surface area contributed by atoms with Crippen LogP contribution in [0.2, 0.25) is 0 Å². The number of likely N-dealkylation sites (tertiary alicyclic amines) is 1. The van der Waals surface area contributed by atoms with E-state index in [4.69, 9.17) is 10.5 Å². The molecule has 2 rings (SSSR count). The number of nitrogens with one attached hydrogen (secondary N) is 1. The van der Waals surface area contributed by atoms with E-state index < -0.39 is 0 Å². The van der Waals surface area contributed by atoms with E-state index in [-0.39, 0.29) is 6.09 Å². The van der Waals surface area contributed by atoms with Gasteiger partial charge in [0.2, 0.25) is 0 Å². The van der Waals surface area contributed by atoms with Crippen LogP contribution in [0.25, 0.3) is 0 Å². The fourth-order valence-corrected chi connectivity index (χ4v) is 2.44. The van der Waals surface area contributed by atoms with Gasteiger partial charge >= 0.3 is 6.09 Å². The first-order valence-corrected chi connectivity index (χ1v) is 7.14. The van der Waals surface area contributed by atoms with Crippen molar-refractivity contribution in [2.45, 2.75) is 32.7 Å². The summed E-state index contributed by atoms with van der Waals surface area (Å²) in [4.78, 5) is 13.4. The van der Waals surface area contributed by atoms with E-state index in [9.17, 15) is 4.79 Å². The number of piperidine rings is 1. The number of carbonyl (C=O) groups excluding carboxylic acids is 1. The van der Waals surface area contributed by atoms with Gasteiger partial charge in [-0.2, -0.15) is 0 Å². The number of carbonyl (C=O) groups is 1. The number of rotatable bonds is 3. The molecular formula is C15H23N3O2. The molecule has 0 atom stereocenters. The van der Waals surface area contributed by atoms with Crippen molar-refractivity contribution in [1.82, 2.24) is 4.90 Å². The standard InChI is InChI=1S/C15H23N3O2/c1-3-20-15(19)18-8-6-12(7-9-18)17-14-10-11(2)4-5-13(14)16/h4-5,10,12,17H,3,6-9,16H2,1-2H3. The van der Waals surface area contributed by atoms with E-state index in [1.165, 1.54) is 5.56 Å². The van der Waals surface area contributed by atoms with Crippen LogP contribution in [0.4, 0.5) is 16.2 Å². The zero-order chi connectivity index (χ0) is 14.5. The molecule has 0 bridgehead atoms. The van der Waals surface area contributed by atoms with Crippen LogP contribution in [-0.2, 0) is 4.74 Å². The first kappa shape index (κ1) is 14.5. The molecule has 0 unspecified atom stereocenters. The van der Waals surface area contributed by atoms with Crippen molar-refractivity contribution in [2.75, 3.05) is 30.7 Å². The average Bonchev–Trinajstić information content (AvgIpc) is 2.44. The molecule has 1 fully saturated rings. The number of nitrogens with zero attached hydrogens (tertiary/aromatic N) is 1. The van der Waals surface area contributed by atoms with Crippen LogP contribution < -0.4 is 11.1 Å². The topological polar surface area (TPSA) is 67.6 Å². The van der Waals surface area contributed by atoms with Crippen molar-refractivity contribution in [1.29, 1.82) is 0 Å². The van der Waals surface area contributed by atoms with Crippen molar-refractivity contribution in [3.63, 3.8) is 0 Å². The lowest BCUT2D eigenvalue weighted by molar-refractivity contribution is 0.0983. The highest BCUT2D eigenvalue weighted by Crippen LogP contribution is 2.23. The molecule has 0 aliphatic carbocycles. The molecule has 0 aromatic heterocycles. The van der Waals surface area contributed by atoms with Crippen LogP contribution in [0.5, 0.6) is 0 Å². The summed E-state index contributed by atoms with van der Waals surface area (Å²) in [5, 5.41) is 3.48. The molecule has 110 valence electrons. The molecule has 0 radical (unpaired) electrons. The third-order valence-electron chi connectivity index (χ3n) is 3.59. The van der Waals surface area contributed by atoms with E-state index in [0.717, 1.165) is 37.3 Å². The average molecular weight is 277 g/mol. The minimum atomic E-state index is -0.207. The van der Waals surface area contributed by atoms with Crippen LogP contribution in [-0.4, -0.2) is 36.7 Å². The Bertz CT molecular complexity index is 468. The van der Waals surface area contributed by atoms with Gasteiger partial charge in [0, 0.05) is 19.1 Å². The van der Waals surface area contributed by atoms with Crippen molar-refractivity contribution >= 4 is 17.5 Å². The maximum Gasteiger partial charge on any atom is 0.409 e. The molecule has 1 saturated heterocycles. The Kier molecular flexibility index (Phi) is 4.71. The number of nitrogen functional groups attached to an aromatic ring is 1. The van der Waals surface area contributed by atoms with Gasteiger partial charge in [-0.3, -0.25) is 0 Å². The molecule has 1 heterocycles. The van der Waals surface area contributed by atoms with Crippen LogP contribution in [0, 0.1) is 6.92 Å². The summed E-state index contributed by atoms with van der Waals surface area (Å²) >= 11 is 0. The molecule has 1 aliphatic rings. The lowest BCUT2D eigenvalue weighted by atomic mass is 10.0. The minimum absolute atomic E-state index is 0.207. The molecule has 1 aromatic rings. The van der Waals surface area contributed by atoms with E-state index in [2.05, 4.69) is 11.4 Å². The Morgan fingerprint density at radius 3 is 2.80 bits per heavy atom. The number of hydrogen-bond donors (Lipinski definition) is 2. The predicted octanol–water partition coefficient (Wildman–Crippen LogP) is 2.61. The number of hydrogen-bond acceptors (Lipinski definition) is 4. The number of anilines is 2. The fraction of sp³-hybridized carbons (Fsp3) is 0.533. The summed E-state index contributed by atoms with van der Waals surface area (Å²) in [5.74, 6) is 0. The van der Waals surface area contributed by atoms with Gasteiger partial charge in [0.15, 0.2) is 0 Å². The van der Waals surface area contributed by atoms with Gasteiger partial charge in [-0.1, -0.05) is 6.07 Å². The van der Waals surface area contributed by atoms with E-state index in [1.807, 2.05) is 26.0 Å². The van der Waals surface area contributed by atoms with Gasteiger partial charge < -0.3 is 20.7 Å². The smallest absolute Gasteiger partial charge is 0.409 e. The highest BCUT2D eigenvalue weighted by Gasteiger charge is 2.23. The first-order chi connectivity index (χ1) is 9.60. The van der Waals surface area contributed by atoms with E-state index >= 15 is 0 Å². The van der Waals surface area contributed by atoms with E-state index in [1.54, 1.807) is 4.90 Å². The fourth-order valence-electron chi connectivity index (χ4n) is 2.44. The lowest BCUT2D eigenvalue weighted by Crippen LogP contribution is -2.42. The maximum atomic E-state index is 11.6. The minimum Gasteiger partial charge on any atom is -0.450 e. The molecule has 3 N–H and O–H groups in total.